The molecule has 6 heteroatoms. The van der Waals surface area contributed by atoms with Gasteiger partial charge in [0.15, 0.2) is 0 Å². The summed E-state index contributed by atoms with van der Waals surface area (Å²) in [6, 6.07) is 7.84. The van der Waals surface area contributed by atoms with Crippen LogP contribution in [-0.4, -0.2) is 42.0 Å². The summed E-state index contributed by atoms with van der Waals surface area (Å²) in [6.07, 6.45) is 5.48. The highest BCUT2D eigenvalue weighted by Crippen LogP contribution is 2.19. The van der Waals surface area contributed by atoms with Gasteiger partial charge in [-0.2, -0.15) is 0 Å². The Morgan fingerprint density at radius 3 is 3.12 bits per heavy atom. The molecular formula is C19H26N4O2. The van der Waals surface area contributed by atoms with Crippen molar-refractivity contribution in [2.24, 2.45) is 5.92 Å². The highest BCUT2D eigenvalue weighted by molar-refractivity contribution is 5.79. The van der Waals surface area contributed by atoms with Crippen LogP contribution in [0.1, 0.15) is 24.2 Å². The molecule has 1 atom stereocenters. The van der Waals surface area contributed by atoms with Crippen LogP contribution in [0.3, 0.4) is 0 Å². The molecule has 134 valence electrons. The molecule has 0 aliphatic carbocycles. The lowest BCUT2D eigenvalue weighted by molar-refractivity contribution is -0.126. The zero-order valence-electron chi connectivity index (χ0n) is 14.7. The number of piperidine rings is 1. The fourth-order valence-corrected chi connectivity index (χ4v) is 3.19. The number of furan rings is 1. The topological polar surface area (TPSA) is 70.4 Å². The number of hydrogen-bond donors (Lipinski definition) is 2. The van der Waals surface area contributed by atoms with Crippen molar-refractivity contribution in [2.75, 3.05) is 31.5 Å². The van der Waals surface area contributed by atoms with Gasteiger partial charge in [-0.1, -0.05) is 0 Å². The van der Waals surface area contributed by atoms with E-state index in [0.29, 0.717) is 13.1 Å². The number of likely N-dealkylation sites (tertiary alicyclic amines) is 1. The number of anilines is 1. The largest absolute Gasteiger partial charge is 0.468 e. The minimum atomic E-state index is 0.0563. The van der Waals surface area contributed by atoms with Gasteiger partial charge in [-0.25, -0.2) is 4.98 Å². The Morgan fingerprint density at radius 2 is 2.32 bits per heavy atom. The summed E-state index contributed by atoms with van der Waals surface area (Å²) < 4.78 is 5.41. The van der Waals surface area contributed by atoms with Gasteiger partial charge in [0.05, 0.1) is 18.7 Å². The second-order valence-corrected chi connectivity index (χ2v) is 6.59. The van der Waals surface area contributed by atoms with Crippen LogP contribution in [0.25, 0.3) is 0 Å². The third kappa shape index (κ3) is 5.32. The molecule has 1 fully saturated rings. The number of aromatic nitrogens is 1. The predicted molar refractivity (Wildman–Crippen MR) is 97.2 cm³/mol. The molecule has 1 saturated heterocycles. The summed E-state index contributed by atoms with van der Waals surface area (Å²) in [6.45, 7) is 5.89. The molecule has 0 spiro atoms. The van der Waals surface area contributed by atoms with E-state index in [-0.39, 0.29) is 11.8 Å². The monoisotopic (exact) mass is 342 g/mol. The van der Waals surface area contributed by atoms with Gasteiger partial charge in [0.2, 0.25) is 5.91 Å². The second kappa shape index (κ2) is 8.67. The minimum absolute atomic E-state index is 0.0563. The van der Waals surface area contributed by atoms with Crippen LogP contribution in [0, 0.1) is 12.8 Å². The molecule has 1 aliphatic rings. The fourth-order valence-electron chi connectivity index (χ4n) is 3.19. The maximum Gasteiger partial charge on any atom is 0.224 e. The SMILES string of the molecule is Cc1ccnc(NCCNC(=O)C2CCCN(Cc3ccco3)C2)c1. The first kappa shape index (κ1) is 17.5. The van der Waals surface area contributed by atoms with Crippen molar-refractivity contribution in [1.82, 2.24) is 15.2 Å². The molecule has 0 aromatic carbocycles. The van der Waals surface area contributed by atoms with E-state index in [0.717, 1.165) is 44.1 Å². The van der Waals surface area contributed by atoms with Crippen molar-refractivity contribution in [2.45, 2.75) is 26.3 Å². The number of amides is 1. The van der Waals surface area contributed by atoms with E-state index in [1.165, 1.54) is 5.56 Å². The number of nitrogens with one attached hydrogen (secondary N) is 2. The number of rotatable bonds is 7. The number of hydrogen-bond acceptors (Lipinski definition) is 5. The molecule has 1 unspecified atom stereocenters. The maximum atomic E-state index is 12.4. The molecule has 1 aliphatic heterocycles. The van der Waals surface area contributed by atoms with Crippen LogP contribution in [-0.2, 0) is 11.3 Å². The van der Waals surface area contributed by atoms with Crippen molar-refractivity contribution in [1.29, 1.82) is 0 Å². The van der Waals surface area contributed by atoms with Crippen molar-refractivity contribution in [3.63, 3.8) is 0 Å². The Balaban J connectivity index is 1.38. The lowest BCUT2D eigenvalue weighted by atomic mass is 9.97. The quantitative estimate of drug-likeness (QED) is 0.756. The van der Waals surface area contributed by atoms with Crippen LogP contribution in [0.4, 0.5) is 5.82 Å². The van der Waals surface area contributed by atoms with E-state index in [1.54, 1.807) is 12.5 Å². The second-order valence-electron chi connectivity index (χ2n) is 6.59. The van der Waals surface area contributed by atoms with E-state index >= 15 is 0 Å². The van der Waals surface area contributed by atoms with Gasteiger partial charge in [-0.15, -0.1) is 0 Å². The first-order valence-corrected chi connectivity index (χ1v) is 8.89. The van der Waals surface area contributed by atoms with Crippen LogP contribution < -0.4 is 10.6 Å². The average Bonchev–Trinajstić information content (AvgIpc) is 3.12. The fraction of sp³-hybridized carbons (Fsp3) is 0.474. The van der Waals surface area contributed by atoms with Crippen molar-refractivity contribution < 1.29 is 9.21 Å². The summed E-state index contributed by atoms with van der Waals surface area (Å²) in [5.74, 6) is 2.00. The molecule has 2 aromatic heterocycles. The molecule has 0 radical (unpaired) electrons. The van der Waals surface area contributed by atoms with Gasteiger partial charge in [0.25, 0.3) is 0 Å². The zero-order chi connectivity index (χ0) is 17.5. The Bertz CT molecular complexity index is 672. The van der Waals surface area contributed by atoms with Crippen LogP contribution in [0.2, 0.25) is 0 Å². The molecule has 6 nitrogen and oxygen atoms in total. The van der Waals surface area contributed by atoms with Crippen LogP contribution in [0.15, 0.2) is 41.1 Å². The first-order valence-electron chi connectivity index (χ1n) is 8.89. The Kier molecular flexibility index (Phi) is 6.06. The van der Waals surface area contributed by atoms with Gasteiger partial charge < -0.3 is 15.1 Å². The highest BCUT2D eigenvalue weighted by atomic mass is 16.3. The smallest absolute Gasteiger partial charge is 0.224 e. The average molecular weight is 342 g/mol. The van der Waals surface area contributed by atoms with Gasteiger partial charge in [-0.3, -0.25) is 9.69 Å². The van der Waals surface area contributed by atoms with Gasteiger partial charge in [0, 0.05) is 25.8 Å². The molecule has 3 rings (SSSR count). The zero-order valence-corrected chi connectivity index (χ0v) is 14.7. The van der Waals surface area contributed by atoms with Crippen LogP contribution >= 0.6 is 0 Å². The lowest BCUT2D eigenvalue weighted by Crippen LogP contribution is -2.43. The number of carbonyl (C=O) groups is 1. The Morgan fingerprint density at radius 1 is 1.40 bits per heavy atom. The number of nitrogens with zero attached hydrogens (tertiary/aromatic N) is 2. The normalized spacial score (nSPS) is 18.0. The van der Waals surface area contributed by atoms with Crippen LogP contribution in [0.5, 0.6) is 0 Å². The molecule has 2 aromatic rings. The van der Waals surface area contributed by atoms with E-state index < -0.39 is 0 Å². The molecular weight excluding hydrogens is 316 g/mol. The minimum Gasteiger partial charge on any atom is -0.468 e. The third-order valence-corrected chi connectivity index (χ3v) is 4.48. The highest BCUT2D eigenvalue weighted by Gasteiger charge is 2.25. The molecule has 3 heterocycles. The first-order chi connectivity index (χ1) is 12.2. The molecule has 0 saturated carbocycles. The summed E-state index contributed by atoms with van der Waals surface area (Å²) in [5.41, 5.74) is 1.17. The lowest BCUT2D eigenvalue weighted by Gasteiger charge is -2.31. The summed E-state index contributed by atoms with van der Waals surface area (Å²) in [5, 5.41) is 6.27. The predicted octanol–water partition coefficient (Wildman–Crippen LogP) is 2.42. The molecule has 0 bridgehead atoms. The third-order valence-electron chi connectivity index (χ3n) is 4.48. The summed E-state index contributed by atoms with van der Waals surface area (Å²) in [4.78, 5) is 19.0. The van der Waals surface area contributed by atoms with Crippen molar-refractivity contribution in [3.8, 4) is 0 Å². The van der Waals surface area contributed by atoms with Gasteiger partial charge >= 0.3 is 0 Å². The molecule has 2 N–H and O–H groups in total. The van der Waals surface area contributed by atoms with Crippen molar-refractivity contribution >= 4 is 11.7 Å². The maximum absolute atomic E-state index is 12.4. The number of pyridine rings is 1. The summed E-state index contributed by atoms with van der Waals surface area (Å²) >= 11 is 0. The van der Waals surface area contributed by atoms with E-state index in [2.05, 4.69) is 20.5 Å². The van der Waals surface area contributed by atoms with E-state index in [9.17, 15) is 4.79 Å². The van der Waals surface area contributed by atoms with E-state index in [4.69, 9.17) is 4.42 Å². The van der Waals surface area contributed by atoms with Gasteiger partial charge in [0.1, 0.15) is 11.6 Å². The molecule has 1 amide bonds. The summed E-state index contributed by atoms with van der Waals surface area (Å²) in [7, 11) is 0. The standard InChI is InChI=1S/C19H26N4O2/c1-15-6-7-20-18(12-15)21-8-9-22-19(24)16-4-2-10-23(13-16)14-17-5-3-11-25-17/h3,5-7,11-12,16H,2,4,8-10,13-14H2,1H3,(H,20,21)(H,22,24). The number of carbonyl (C=O) groups excluding carboxylic acids is 1. The van der Waals surface area contributed by atoms with E-state index in [1.807, 2.05) is 31.2 Å². The number of aryl methyl sites for hydroxylation is 1. The Labute approximate surface area is 148 Å². The van der Waals surface area contributed by atoms with Gasteiger partial charge in [-0.05, 0) is 56.1 Å². The van der Waals surface area contributed by atoms with Crippen molar-refractivity contribution in [3.05, 3.63) is 48.0 Å². The Hall–Kier alpha value is -2.34. The molecule has 25 heavy (non-hydrogen) atoms.